The van der Waals surface area contributed by atoms with Gasteiger partial charge in [0.05, 0.1) is 0 Å². The Hall–Kier alpha value is -0.530. The first-order chi connectivity index (χ1) is 4.19. The van der Waals surface area contributed by atoms with Crippen LogP contribution in [0.15, 0.2) is 0 Å². The highest BCUT2D eigenvalue weighted by atomic mass is 16.2. The summed E-state index contributed by atoms with van der Waals surface area (Å²) in [4.78, 5) is 11.0. The zero-order valence-electron chi connectivity index (χ0n) is 6.03. The van der Waals surface area contributed by atoms with E-state index in [1.807, 2.05) is 13.8 Å². The molecule has 0 aromatic rings. The van der Waals surface area contributed by atoms with Crippen LogP contribution in [0.4, 0.5) is 0 Å². The van der Waals surface area contributed by atoms with Crippen molar-refractivity contribution in [1.29, 1.82) is 0 Å². The molecule has 0 aliphatic heterocycles. The minimum Gasteiger partial charge on any atom is -0.356 e. The number of hydrogen-bond acceptors (Lipinski definition) is 1. The van der Waals surface area contributed by atoms with Crippen LogP contribution in [-0.2, 0) is 4.79 Å². The van der Waals surface area contributed by atoms with Crippen LogP contribution in [0.25, 0.3) is 0 Å². The van der Waals surface area contributed by atoms with Gasteiger partial charge in [-0.15, -0.1) is 0 Å². The van der Waals surface area contributed by atoms with Gasteiger partial charge in [0.15, 0.2) is 0 Å². The normalized spacial score (nSPS) is 21.1. The van der Waals surface area contributed by atoms with Crippen molar-refractivity contribution >= 4 is 5.91 Å². The molecule has 2 nitrogen and oxygen atoms in total. The van der Waals surface area contributed by atoms with Crippen molar-refractivity contribution < 1.29 is 4.79 Å². The first kappa shape index (κ1) is 6.59. The van der Waals surface area contributed by atoms with Crippen molar-refractivity contribution in [1.82, 2.24) is 5.32 Å². The summed E-state index contributed by atoms with van der Waals surface area (Å²) in [7, 11) is 0. The Morgan fingerprint density at radius 3 is 2.56 bits per heavy atom. The molecule has 0 aromatic carbocycles. The Bertz CT molecular complexity index is 127. The molecule has 0 bridgehead atoms. The van der Waals surface area contributed by atoms with Crippen LogP contribution in [0.1, 0.15) is 26.7 Å². The van der Waals surface area contributed by atoms with Gasteiger partial charge in [-0.1, -0.05) is 6.92 Å². The lowest BCUT2D eigenvalue weighted by Gasteiger charge is -2.06. The lowest BCUT2D eigenvalue weighted by Crippen LogP contribution is -2.29. The molecule has 2 heteroatoms. The summed E-state index contributed by atoms with van der Waals surface area (Å²) in [5.41, 5.74) is 0.00993. The maximum Gasteiger partial charge on any atom is 0.225 e. The highest BCUT2D eigenvalue weighted by Gasteiger charge is 2.44. The molecule has 1 fully saturated rings. The molecule has 1 aliphatic carbocycles. The van der Waals surface area contributed by atoms with E-state index in [1.165, 1.54) is 0 Å². The zero-order valence-corrected chi connectivity index (χ0v) is 6.03. The summed E-state index contributed by atoms with van der Waals surface area (Å²) in [6.45, 7) is 4.72. The molecule has 0 atom stereocenters. The fraction of sp³-hybridized carbons (Fsp3) is 0.857. The molecule has 9 heavy (non-hydrogen) atoms. The van der Waals surface area contributed by atoms with Gasteiger partial charge in [-0.25, -0.2) is 0 Å². The number of nitrogens with one attached hydrogen (secondary N) is 1. The second-order valence-electron chi connectivity index (χ2n) is 2.92. The molecule has 0 heterocycles. The molecule has 0 spiro atoms. The predicted molar refractivity (Wildman–Crippen MR) is 36.0 cm³/mol. The molecule has 1 amide bonds. The SMILES string of the molecule is CCNC(=O)C1(C)CC1. The second kappa shape index (κ2) is 2.01. The van der Waals surface area contributed by atoms with Crippen molar-refractivity contribution in [2.45, 2.75) is 26.7 Å². The van der Waals surface area contributed by atoms with E-state index in [2.05, 4.69) is 5.32 Å². The summed E-state index contributed by atoms with van der Waals surface area (Å²) in [6.07, 6.45) is 2.14. The number of hydrogen-bond donors (Lipinski definition) is 1. The van der Waals surface area contributed by atoms with E-state index in [-0.39, 0.29) is 11.3 Å². The Balaban J connectivity index is 2.34. The van der Waals surface area contributed by atoms with Gasteiger partial charge in [-0.05, 0) is 19.8 Å². The predicted octanol–water partition coefficient (Wildman–Crippen LogP) is 0.923. The minimum atomic E-state index is 0.00993. The Morgan fingerprint density at radius 2 is 2.22 bits per heavy atom. The van der Waals surface area contributed by atoms with E-state index in [9.17, 15) is 4.79 Å². The van der Waals surface area contributed by atoms with Gasteiger partial charge in [0.2, 0.25) is 5.91 Å². The quantitative estimate of drug-likeness (QED) is 0.587. The Labute approximate surface area is 55.6 Å². The largest absolute Gasteiger partial charge is 0.356 e. The Morgan fingerprint density at radius 1 is 1.67 bits per heavy atom. The van der Waals surface area contributed by atoms with Crippen molar-refractivity contribution in [3.63, 3.8) is 0 Å². The average molecular weight is 127 g/mol. The van der Waals surface area contributed by atoms with Crippen molar-refractivity contribution in [2.24, 2.45) is 5.41 Å². The van der Waals surface area contributed by atoms with Crippen LogP contribution in [0.2, 0.25) is 0 Å². The van der Waals surface area contributed by atoms with Crippen LogP contribution >= 0.6 is 0 Å². The highest BCUT2D eigenvalue weighted by molar-refractivity contribution is 5.84. The Kier molecular flexibility index (Phi) is 1.47. The topological polar surface area (TPSA) is 29.1 Å². The molecule has 0 aromatic heterocycles. The third kappa shape index (κ3) is 1.23. The minimum absolute atomic E-state index is 0.00993. The third-order valence-electron chi connectivity index (χ3n) is 1.89. The fourth-order valence-corrected chi connectivity index (χ4v) is 0.789. The van der Waals surface area contributed by atoms with Crippen molar-refractivity contribution in [3.05, 3.63) is 0 Å². The van der Waals surface area contributed by atoms with E-state index < -0.39 is 0 Å². The van der Waals surface area contributed by atoms with Gasteiger partial charge >= 0.3 is 0 Å². The number of carbonyl (C=O) groups is 1. The van der Waals surface area contributed by atoms with Crippen molar-refractivity contribution in [2.75, 3.05) is 6.54 Å². The molecule has 1 rings (SSSR count). The maximum atomic E-state index is 11.0. The number of amides is 1. The van der Waals surface area contributed by atoms with Crippen LogP contribution in [0, 0.1) is 5.41 Å². The van der Waals surface area contributed by atoms with Crippen LogP contribution in [0.5, 0.6) is 0 Å². The lowest BCUT2D eigenvalue weighted by atomic mass is 10.1. The summed E-state index contributed by atoms with van der Waals surface area (Å²) in [6, 6.07) is 0. The smallest absolute Gasteiger partial charge is 0.225 e. The summed E-state index contributed by atoms with van der Waals surface area (Å²) in [5.74, 6) is 0.227. The van der Waals surface area contributed by atoms with Crippen LogP contribution in [0.3, 0.4) is 0 Å². The van der Waals surface area contributed by atoms with Gasteiger partial charge in [0, 0.05) is 12.0 Å². The van der Waals surface area contributed by atoms with Gasteiger partial charge < -0.3 is 5.32 Å². The molecule has 0 saturated heterocycles. The highest BCUT2D eigenvalue weighted by Crippen LogP contribution is 2.44. The number of rotatable bonds is 2. The molecule has 0 unspecified atom stereocenters. The van der Waals surface area contributed by atoms with Crippen molar-refractivity contribution in [3.8, 4) is 0 Å². The van der Waals surface area contributed by atoms with E-state index >= 15 is 0 Å². The van der Waals surface area contributed by atoms with Gasteiger partial charge in [-0.2, -0.15) is 0 Å². The molecule has 1 saturated carbocycles. The first-order valence-electron chi connectivity index (χ1n) is 3.47. The number of carbonyl (C=O) groups excluding carboxylic acids is 1. The van der Waals surface area contributed by atoms with Gasteiger partial charge in [0.25, 0.3) is 0 Å². The second-order valence-corrected chi connectivity index (χ2v) is 2.92. The lowest BCUT2D eigenvalue weighted by molar-refractivity contribution is -0.125. The van der Waals surface area contributed by atoms with Crippen LogP contribution in [-0.4, -0.2) is 12.5 Å². The first-order valence-corrected chi connectivity index (χ1v) is 3.47. The van der Waals surface area contributed by atoms with Gasteiger partial charge in [0.1, 0.15) is 0 Å². The molecular formula is C7H13NO. The summed E-state index contributed by atoms with van der Waals surface area (Å²) in [5, 5.41) is 2.81. The van der Waals surface area contributed by atoms with Crippen LogP contribution < -0.4 is 5.32 Å². The van der Waals surface area contributed by atoms with Gasteiger partial charge in [-0.3, -0.25) is 4.79 Å². The standard InChI is InChI=1S/C7H13NO/c1-3-8-6(9)7(2)4-5-7/h3-5H2,1-2H3,(H,8,9). The van der Waals surface area contributed by atoms with E-state index in [1.54, 1.807) is 0 Å². The maximum absolute atomic E-state index is 11.0. The third-order valence-corrected chi connectivity index (χ3v) is 1.89. The summed E-state index contributed by atoms with van der Waals surface area (Å²) >= 11 is 0. The summed E-state index contributed by atoms with van der Waals surface area (Å²) < 4.78 is 0. The van der Waals surface area contributed by atoms with E-state index in [0.29, 0.717) is 0 Å². The average Bonchev–Trinajstić information content (AvgIpc) is 2.50. The molecule has 52 valence electrons. The molecular weight excluding hydrogens is 114 g/mol. The molecule has 1 aliphatic rings. The fourth-order valence-electron chi connectivity index (χ4n) is 0.789. The molecule has 1 N–H and O–H groups in total. The zero-order chi connectivity index (χ0) is 6.91. The molecule has 0 radical (unpaired) electrons. The monoisotopic (exact) mass is 127 g/mol. The van der Waals surface area contributed by atoms with E-state index in [4.69, 9.17) is 0 Å². The van der Waals surface area contributed by atoms with E-state index in [0.717, 1.165) is 19.4 Å².